The van der Waals surface area contributed by atoms with Gasteiger partial charge in [0, 0.05) is 17.0 Å². The van der Waals surface area contributed by atoms with Crippen LogP contribution in [0.2, 0.25) is 5.02 Å². The largest absolute Gasteiger partial charge is 0.493 e. The summed E-state index contributed by atoms with van der Waals surface area (Å²) in [7, 11) is 0. The highest BCUT2D eigenvalue weighted by molar-refractivity contribution is 6.30. The average molecular weight is 352 g/mol. The molecule has 0 fully saturated rings. The SMILES string of the molecule is O=C(Cc1cccc2ccccc12)NC1CCOc2ccc(Cl)cc21. The van der Waals surface area contributed by atoms with Gasteiger partial charge >= 0.3 is 0 Å². The van der Waals surface area contributed by atoms with E-state index >= 15 is 0 Å². The number of benzene rings is 3. The molecule has 1 aliphatic heterocycles. The van der Waals surface area contributed by atoms with E-state index in [1.54, 1.807) is 6.07 Å². The molecule has 4 heteroatoms. The highest BCUT2D eigenvalue weighted by atomic mass is 35.5. The summed E-state index contributed by atoms with van der Waals surface area (Å²) >= 11 is 6.11. The Morgan fingerprint density at radius 3 is 2.88 bits per heavy atom. The molecule has 0 radical (unpaired) electrons. The molecule has 3 nitrogen and oxygen atoms in total. The Morgan fingerprint density at radius 1 is 1.12 bits per heavy atom. The van der Waals surface area contributed by atoms with E-state index in [-0.39, 0.29) is 11.9 Å². The minimum absolute atomic E-state index is 0.00850. The molecule has 4 rings (SSSR count). The van der Waals surface area contributed by atoms with Gasteiger partial charge in [-0.1, -0.05) is 54.1 Å². The van der Waals surface area contributed by atoms with Gasteiger partial charge in [-0.25, -0.2) is 0 Å². The molecule has 1 heterocycles. The fourth-order valence-electron chi connectivity index (χ4n) is 3.38. The number of amides is 1. The maximum absolute atomic E-state index is 12.6. The fraction of sp³-hybridized carbons (Fsp3) is 0.190. The standard InChI is InChI=1S/C21H18ClNO2/c22-16-8-9-20-18(13-16)19(10-11-25-20)23-21(24)12-15-6-3-5-14-4-1-2-7-17(14)15/h1-9,13,19H,10-12H2,(H,23,24). The average Bonchev–Trinajstić information content (AvgIpc) is 2.62. The van der Waals surface area contributed by atoms with Crippen molar-refractivity contribution in [2.75, 3.05) is 6.61 Å². The van der Waals surface area contributed by atoms with E-state index in [2.05, 4.69) is 23.5 Å². The molecular weight excluding hydrogens is 334 g/mol. The summed E-state index contributed by atoms with van der Waals surface area (Å²) in [5.41, 5.74) is 1.99. The quantitative estimate of drug-likeness (QED) is 0.744. The second-order valence-electron chi connectivity index (χ2n) is 6.25. The Bertz CT molecular complexity index is 933. The van der Waals surface area contributed by atoms with Crippen LogP contribution in [0.15, 0.2) is 60.7 Å². The van der Waals surface area contributed by atoms with Crippen molar-refractivity contribution in [2.45, 2.75) is 18.9 Å². The third kappa shape index (κ3) is 3.33. The number of halogens is 1. The Morgan fingerprint density at radius 2 is 1.96 bits per heavy atom. The third-order valence-corrected chi connectivity index (χ3v) is 4.81. The first-order valence-corrected chi connectivity index (χ1v) is 8.77. The van der Waals surface area contributed by atoms with E-state index in [9.17, 15) is 4.79 Å². The predicted octanol–water partition coefficient (Wildman–Crippen LogP) is 4.68. The molecule has 1 amide bonds. The lowest BCUT2D eigenvalue weighted by atomic mass is 9.99. The third-order valence-electron chi connectivity index (χ3n) is 4.58. The number of hydrogen-bond donors (Lipinski definition) is 1. The Kier molecular flexibility index (Phi) is 4.33. The summed E-state index contributed by atoms with van der Waals surface area (Å²) in [5, 5.41) is 6.06. The van der Waals surface area contributed by atoms with Crippen LogP contribution in [-0.4, -0.2) is 12.5 Å². The lowest BCUT2D eigenvalue weighted by molar-refractivity contribution is -0.121. The van der Waals surface area contributed by atoms with Gasteiger partial charge in [-0.2, -0.15) is 0 Å². The second-order valence-corrected chi connectivity index (χ2v) is 6.69. The summed E-state index contributed by atoms with van der Waals surface area (Å²) in [6.45, 7) is 0.591. The van der Waals surface area contributed by atoms with E-state index in [0.717, 1.165) is 34.1 Å². The Labute approximate surface area is 151 Å². The van der Waals surface area contributed by atoms with Crippen LogP contribution in [0, 0.1) is 0 Å². The van der Waals surface area contributed by atoms with E-state index in [1.807, 2.05) is 36.4 Å². The van der Waals surface area contributed by atoms with Crippen molar-refractivity contribution in [3.8, 4) is 5.75 Å². The first-order valence-electron chi connectivity index (χ1n) is 8.39. The molecule has 1 N–H and O–H groups in total. The van der Waals surface area contributed by atoms with Crippen LogP contribution in [0.4, 0.5) is 0 Å². The van der Waals surface area contributed by atoms with Gasteiger partial charge in [-0.3, -0.25) is 4.79 Å². The summed E-state index contributed by atoms with van der Waals surface area (Å²) in [6.07, 6.45) is 1.10. The van der Waals surface area contributed by atoms with Crippen LogP contribution in [-0.2, 0) is 11.2 Å². The minimum Gasteiger partial charge on any atom is -0.493 e. The van der Waals surface area contributed by atoms with E-state index < -0.39 is 0 Å². The van der Waals surface area contributed by atoms with Crippen LogP contribution >= 0.6 is 11.6 Å². The summed E-state index contributed by atoms with van der Waals surface area (Å²) in [4.78, 5) is 12.6. The van der Waals surface area contributed by atoms with Crippen LogP contribution in [0.1, 0.15) is 23.6 Å². The summed E-state index contributed by atoms with van der Waals surface area (Å²) in [5.74, 6) is 0.806. The number of fused-ring (bicyclic) bond motifs is 2. The normalized spacial score (nSPS) is 16.1. The predicted molar refractivity (Wildman–Crippen MR) is 100 cm³/mol. The number of carbonyl (C=O) groups excluding carboxylic acids is 1. The van der Waals surface area contributed by atoms with Gasteiger partial charge in [0.05, 0.1) is 19.1 Å². The van der Waals surface area contributed by atoms with Gasteiger partial charge in [0.1, 0.15) is 5.75 Å². The molecule has 0 aliphatic carbocycles. The molecule has 1 aliphatic rings. The van der Waals surface area contributed by atoms with Gasteiger partial charge in [-0.05, 0) is 34.5 Å². The molecule has 0 aromatic heterocycles. The molecule has 0 saturated heterocycles. The number of carbonyl (C=O) groups is 1. The zero-order valence-electron chi connectivity index (χ0n) is 13.7. The van der Waals surface area contributed by atoms with E-state index in [4.69, 9.17) is 16.3 Å². The first-order chi connectivity index (χ1) is 12.2. The maximum Gasteiger partial charge on any atom is 0.224 e. The molecule has 1 atom stereocenters. The van der Waals surface area contributed by atoms with Crippen molar-refractivity contribution in [1.82, 2.24) is 5.32 Å². The zero-order valence-corrected chi connectivity index (χ0v) is 14.4. The van der Waals surface area contributed by atoms with E-state index in [1.165, 1.54) is 0 Å². The van der Waals surface area contributed by atoms with Gasteiger partial charge in [0.25, 0.3) is 0 Å². The van der Waals surface area contributed by atoms with Crippen molar-refractivity contribution >= 4 is 28.3 Å². The minimum atomic E-state index is -0.0649. The molecule has 0 spiro atoms. The van der Waals surface area contributed by atoms with Crippen molar-refractivity contribution in [3.63, 3.8) is 0 Å². The van der Waals surface area contributed by atoms with Crippen molar-refractivity contribution in [1.29, 1.82) is 0 Å². The van der Waals surface area contributed by atoms with Crippen LogP contribution < -0.4 is 10.1 Å². The molecular formula is C21H18ClNO2. The lowest BCUT2D eigenvalue weighted by Gasteiger charge is -2.27. The topological polar surface area (TPSA) is 38.3 Å². The maximum atomic E-state index is 12.6. The van der Waals surface area contributed by atoms with Crippen molar-refractivity contribution < 1.29 is 9.53 Å². The summed E-state index contributed by atoms with van der Waals surface area (Å²) in [6, 6.07) is 19.7. The van der Waals surface area contributed by atoms with Gasteiger partial charge in [-0.15, -0.1) is 0 Å². The summed E-state index contributed by atoms with van der Waals surface area (Å²) < 4.78 is 5.66. The number of hydrogen-bond acceptors (Lipinski definition) is 2. The molecule has 25 heavy (non-hydrogen) atoms. The fourth-order valence-corrected chi connectivity index (χ4v) is 3.56. The number of nitrogens with one attached hydrogen (secondary N) is 1. The molecule has 1 unspecified atom stereocenters. The lowest BCUT2D eigenvalue weighted by Crippen LogP contribution is -2.33. The van der Waals surface area contributed by atoms with E-state index in [0.29, 0.717) is 18.1 Å². The Balaban J connectivity index is 1.54. The van der Waals surface area contributed by atoms with Gasteiger partial charge in [0.2, 0.25) is 5.91 Å². The molecule has 3 aromatic carbocycles. The zero-order chi connectivity index (χ0) is 17.2. The molecule has 0 bridgehead atoms. The van der Waals surface area contributed by atoms with Crippen molar-refractivity contribution in [3.05, 3.63) is 76.8 Å². The van der Waals surface area contributed by atoms with Crippen LogP contribution in [0.5, 0.6) is 5.75 Å². The first kappa shape index (κ1) is 16.0. The van der Waals surface area contributed by atoms with Crippen LogP contribution in [0.3, 0.4) is 0 Å². The molecule has 3 aromatic rings. The molecule has 0 saturated carbocycles. The van der Waals surface area contributed by atoms with Gasteiger partial charge in [0.15, 0.2) is 0 Å². The van der Waals surface area contributed by atoms with Crippen LogP contribution in [0.25, 0.3) is 10.8 Å². The number of rotatable bonds is 3. The smallest absolute Gasteiger partial charge is 0.224 e. The highest BCUT2D eigenvalue weighted by Gasteiger charge is 2.23. The Hall–Kier alpha value is -2.52. The monoisotopic (exact) mass is 351 g/mol. The number of ether oxygens (including phenoxy) is 1. The van der Waals surface area contributed by atoms with Gasteiger partial charge < -0.3 is 10.1 Å². The molecule has 126 valence electrons. The van der Waals surface area contributed by atoms with Crippen molar-refractivity contribution in [2.24, 2.45) is 0 Å². The highest BCUT2D eigenvalue weighted by Crippen LogP contribution is 2.34. The second kappa shape index (κ2) is 6.77.